The molecule has 0 aliphatic carbocycles. The third-order valence-electron chi connectivity index (χ3n) is 3.60. The van der Waals surface area contributed by atoms with Crippen LogP contribution in [0.5, 0.6) is 5.75 Å². The zero-order valence-corrected chi connectivity index (χ0v) is 12.3. The molecule has 0 saturated heterocycles. The first kappa shape index (κ1) is 13.5. The zero-order valence-electron chi connectivity index (χ0n) is 12.3. The predicted molar refractivity (Wildman–Crippen MR) is 86.4 cm³/mol. The van der Waals surface area contributed by atoms with Gasteiger partial charge in [-0.25, -0.2) is 4.98 Å². The molecule has 0 fully saturated rings. The number of nitrogens with zero attached hydrogens (tertiary/aromatic N) is 2. The lowest BCUT2D eigenvalue weighted by Crippen LogP contribution is -2.02. The lowest BCUT2D eigenvalue weighted by atomic mass is 10.1. The van der Waals surface area contributed by atoms with Gasteiger partial charge in [0.1, 0.15) is 11.6 Å². The van der Waals surface area contributed by atoms with Gasteiger partial charge >= 0.3 is 0 Å². The van der Waals surface area contributed by atoms with E-state index in [9.17, 15) is 0 Å². The van der Waals surface area contributed by atoms with E-state index in [1.807, 2.05) is 36.4 Å². The van der Waals surface area contributed by atoms with Crippen molar-refractivity contribution in [3.05, 3.63) is 42.5 Å². The molecule has 3 rings (SSSR count). The van der Waals surface area contributed by atoms with Crippen molar-refractivity contribution in [3.8, 4) is 17.1 Å². The molecule has 1 aromatic heterocycles. The molecule has 3 aromatic rings. The molecule has 2 N–H and O–H groups in total. The topological polar surface area (TPSA) is 53.1 Å². The fraction of sp³-hybridized carbons (Fsp3) is 0.235. The summed E-state index contributed by atoms with van der Waals surface area (Å²) < 4.78 is 7.54. The van der Waals surface area contributed by atoms with Crippen molar-refractivity contribution >= 4 is 16.7 Å². The number of aromatic nitrogens is 2. The number of fused-ring (bicyclic) bond motifs is 1. The van der Waals surface area contributed by atoms with Crippen LogP contribution in [0.3, 0.4) is 0 Å². The van der Waals surface area contributed by atoms with Gasteiger partial charge < -0.3 is 15.0 Å². The van der Waals surface area contributed by atoms with Crippen LogP contribution in [0.4, 0.5) is 5.69 Å². The minimum Gasteiger partial charge on any atom is -0.497 e. The Balaban J connectivity index is 2.26. The number of hydrogen-bond donors (Lipinski definition) is 1. The number of nitrogen functional groups attached to an aromatic ring is 1. The summed E-state index contributed by atoms with van der Waals surface area (Å²) in [5, 5.41) is 0. The summed E-state index contributed by atoms with van der Waals surface area (Å²) in [6.07, 6.45) is 1.04. The van der Waals surface area contributed by atoms with Crippen LogP contribution in [0.2, 0.25) is 0 Å². The van der Waals surface area contributed by atoms with Gasteiger partial charge in [0, 0.05) is 17.8 Å². The summed E-state index contributed by atoms with van der Waals surface area (Å²) >= 11 is 0. The maximum absolute atomic E-state index is 6.15. The van der Waals surface area contributed by atoms with E-state index in [4.69, 9.17) is 15.5 Å². The monoisotopic (exact) mass is 281 g/mol. The van der Waals surface area contributed by atoms with E-state index in [1.165, 1.54) is 0 Å². The van der Waals surface area contributed by atoms with Crippen molar-refractivity contribution in [2.24, 2.45) is 0 Å². The second-order valence-electron chi connectivity index (χ2n) is 5.03. The largest absolute Gasteiger partial charge is 0.497 e. The highest BCUT2D eigenvalue weighted by molar-refractivity contribution is 5.84. The molecule has 1 heterocycles. The maximum Gasteiger partial charge on any atom is 0.143 e. The Morgan fingerprint density at radius 1 is 1.19 bits per heavy atom. The Morgan fingerprint density at radius 3 is 2.76 bits per heavy atom. The van der Waals surface area contributed by atoms with Gasteiger partial charge in [0.05, 0.1) is 18.1 Å². The molecule has 0 spiro atoms. The first-order valence-electron chi connectivity index (χ1n) is 7.13. The Hall–Kier alpha value is -2.49. The number of methoxy groups -OCH3 is 1. The van der Waals surface area contributed by atoms with Crippen molar-refractivity contribution in [2.45, 2.75) is 19.9 Å². The standard InChI is InChI=1S/C17H19N3O/c1-3-10-20-16-7-5-4-6-15(16)19-17(20)13-11-12(21-2)8-9-14(13)18/h4-9,11H,3,10,18H2,1-2H3. The van der Waals surface area contributed by atoms with Crippen molar-refractivity contribution in [3.63, 3.8) is 0 Å². The summed E-state index contributed by atoms with van der Waals surface area (Å²) in [4.78, 5) is 4.77. The SMILES string of the molecule is CCCn1c(-c2cc(OC)ccc2N)nc2ccccc21. The van der Waals surface area contributed by atoms with Gasteiger partial charge in [0.25, 0.3) is 0 Å². The molecule has 108 valence electrons. The van der Waals surface area contributed by atoms with Crippen LogP contribution in [0, 0.1) is 0 Å². The van der Waals surface area contributed by atoms with E-state index in [0.717, 1.165) is 41.1 Å². The molecule has 0 saturated carbocycles. The van der Waals surface area contributed by atoms with Crippen LogP contribution < -0.4 is 10.5 Å². The van der Waals surface area contributed by atoms with Gasteiger partial charge in [-0.05, 0) is 36.8 Å². The van der Waals surface area contributed by atoms with E-state index in [1.54, 1.807) is 7.11 Å². The highest BCUT2D eigenvalue weighted by Gasteiger charge is 2.14. The quantitative estimate of drug-likeness (QED) is 0.742. The lowest BCUT2D eigenvalue weighted by molar-refractivity contribution is 0.415. The van der Waals surface area contributed by atoms with Crippen molar-refractivity contribution in [2.75, 3.05) is 12.8 Å². The third kappa shape index (κ3) is 2.33. The van der Waals surface area contributed by atoms with E-state index in [2.05, 4.69) is 17.6 Å². The van der Waals surface area contributed by atoms with Gasteiger partial charge in [-0.3, -0.25) is 0 Å². The number of ether oxygens (including phenoxy) is 1. The number of nitrogens with two attached hydrogens (primary N) is 1. The normalized spacial score (nSPS) is 11.0. The van der Waals surface area contributed by atoms with Crippen LogP contribution in [0.1, 0.15) is 13.3 Å². The summed E-state index contributed by atoms with van der Waals surface area (Å²) in [7, 11) is 1.66. The average Bonchev–Trinajstić information content (AvgIpc) is 2.87. The van der Waals surface area contributed by atoms with Crippen molar-refractivity contribution in [1.29, 1.82) is 0 Å². The van der Waals surface area contributed by atoms with Crippen LogP contribution in [0.15, 0.2) is 42.5 Å². The lowest BCUT2D eigenvalue weighted by Gasteiger charge is -2.11. The highest BCUT2D eigenvalue weighted by atomic mass is 16.5. The van der Waals surface area contributed by atoms with E-state index >= 15 is 0 Å². The van der Waals surface area contributed by atoms with Crippen LogP contribution in [-0.2, 0) is 6.54 Å². The van der Waals surface area contributed by atoms with E-state index in [-0.39, 0.29) is 0 Å². The predicted octanol–water partition coefficient (Wildman–Crippen LogP) is 3.70. The first-order chi connectivity index (χ1) is 10.2. The van der Waals surface area contributed by atoms with E-state index < -0.39 is 0 Å². The third-order valence-corrected chi connectivity index (χ3v) is 3.60. The molecule has 21 heavy (non-hydrogen) atoms. The molecule has 0 bridgehead atoms. The Labute approximate surface area is 124 Å². The molecular formula is C17H19N3O. The maximum atomic E-state index is 6.15. The Bertz CT molecular complexity index is 777. The summed E-state index contributed by atoms with van der Waals surface area (Å²) in [6.45, 7) is 3.07. The van der Waals surface area contributed by atoms with Gasteiger partial charge in [-0.15, -0.1) is 0 Å². The molecule has 4 nitrogen and oxygen atoms in total. The van der Waals surface area contributed by atoms with E-state index in [0.29, 0.717) is 5.69 Å². The molecule has 0 unspecified atom stereocenters. The molecule has 0 radical (unpaired) electrons. The molecule has 2 aromatic carbocycles. The number of imidazole rings is 1. The molecule has 0 amide bonds. The first-order valence-corrected chi connectivity index (χ1v) is 7.13. The smallest absolute Gasteiger partial charge is 0.143 e. The summed E-state index contributed by atoms with van der Waals surface area (Å²) in [5.74, 6) is 1.68. The van der Waals surface area contributed by atoms with Crippen LogP contribution in [0.25, 0.3) is 22.4 Å². The summed E-state index contributed by atoms with van der Waals surface area (Å²) in [5.41, 5.74) is 9.91. The molecule has 0 aliphatic heterocycles. The zero-order chi connectivity index (χ0) is 14.8. The van der Waals surface area contributed by atoms with Gasteiger partial charge in [-0.2, -0.15) is 0 Å². The molecule has 0 atom stereocenters. The fourth-order valence-electron chi connectivity index (χ4n) is 2.59. The number of rotatable bonds is 4. The van der Waals surface area contributed by atoms with Gasteiger partial charge in [0.2, 0.25) is 0 Å². The summed E-state index contributed by atoms with van der Waals surface area (Å²) in [6, 6.07) is 13.8. The molecular weight excluding hydrogens is 262 g/mol. The molecule has 0 aliphatic rings. The van der Waals surface area contributed by atoms with Crippen molar-refractivity contribution < 1.29 is 4.74 Å². The van der Waals surface area contributed by atoms with Crippen molar-refractivity contribution in [1.82, 2.24) is 9.55 Å². The number of anilines is 1. The number of benzene rings is 2. The van der Waals surface area contributed by atoms with Gasteiger partial charge in [0.15, 0.2) is 0 Å². The average molecular weight is 281 g/mol. The molecule has 4 heteroatoms. The number of aryl methyl sites for hydroxylation is 1. The number of para-hydroxylation sites is 2. The van der Waals surface area contributed by atoms with Crippen LogP contribution >= 0.6 is 0 Å². The second kappa shape index (κ2) is 5.48. The minimum absolute atomic E-state index is 0.712. The van der Waals surface area contributed by atoms with Gasteiger partial charge in [-0.1, -0.05) is 19.1 Å². The Morgan fingerprint density at radius 2 is 2.00 bits per heavy atom. The number of hydrogen-bond acceptors (Lipinski definition) is 3. The highest BCUT2D eigenvalue weighted by Crippen LogP contribution is 2.32. The Kier molecular flexibility index (Phi) is 3.52. The second-order valence-corrected chi connectivity index (χ2v) is 5.03. The minimum atomic E-state index is 0.712. The fourth-order valence-corrected chi connectivity index (χ4v) is 2.59. The van der Waals surface area contributed by atoms with Crippen LogP contribution in [-0.4, -0.2) is 16.7 Å².